The summed E-state index contributed by atoms with van der Waals surface area (Å²) < 4.78 is 0. The van der Waals surface area contributed by atoms with Gasteiger partial charge in [-0.2, -0.15) is 5.26 Å². The van der Waals surface area contributed by atoms with Gasteiger partial charge < -0.3 is 11.1 Å². The number of hydrogen-bond donors (Lipinski definition) is 2. The minimum atomic E-state index is -0.00900. The number of carbonyl (C=O) groups is 1. The summed E-state index contributed by atoms with van der Waals surface area (Å²) in [6, 6.07) is 2.18. The Balaban J connectivity index is 1.83. The van der Waals surface area contributed by atoms with Crippen molar-refractivity contribution in [3.8, 4) is 6.07 Å². The quantitative estimate of drug-likeness (QED) is 0.648. The third-order valence-electron chi connectivity index (χ3n) is 3.71. The van der Waals surface area contributed by atoms with Crippen LogP contribution in [0.15, 0.2) is 11.4 Å². The van der Waals surface area contributed by atoms with Gasteiger partial charge in [-0.15, -0.1) is 0 Å². The van der Waals surface area contributed by atoms with Crippen molar-refractivity contribution in [2.24, 2.45) is 5.92 Å². The molecule has 0 spiro atoms. The summed E-state index contributed by atoms with van der Waals surface area (Å²) in [5.74, 6) is 0.935. The second kappa shape index (κ2) is 7.27. The lowest BCUT2D eigenvalue weighted by atomic mass is 9.86. The fourth-order valence-electron chi connectivity index (χ4n) is 2.44. The number of nitrogens with one attached hydrogen (secondary N) is 1. The molecule has 1 aliphatic rings. The standard InChI is InChI=1S/C14H19N5OS/c1-9-4-2-3-5-11(9)18-12(20)8-21-14-17-7-10(6-15)13(16)19-14/h7,9,11H,2-5,8H2,1H3,(H,18,20)(H2,16,17,19). The van der Waals surface area contributed by atoms with E-state index in [4.69, 9.17) is 11.0 Å². The predicted octanol–water partition coefficient (Wildman–Crippen LogP) is 1.72. The van der Waals surface area contributed by atoms with Gasteiger partial charge in [0.05, 0.1) is 11.9 Å². The molecule has 1 heterocycles. The van der Waals surface area contributed by atoms with Crippen LogP contribution in [0.25, 0.3) is 0 Å². The van der Waals surface area contributed by atoms with Gasteiger partial charge in [0.2, 0.25) is 5.91 Å². The Morgan fingerprint density at radius 3 is 3.00 bits per heavy atom. The zero-order chi connectivity index (χ0) is 15.2. The van der Waals surface area contributed by atoms with Crippen molar-refractivity contribution in [1.82, 2.24) is 15.3 Å². The summed E-state index contributed by atoms with van der Waals surface area (Å²) in [6.07, 6.45) is 6.04. The smallest absolute Gasteiger partial charge is 0.230 e. The molecule has 3 N–H and O–H groups in total. The number of aromatic nitrogens is 2. The van der Waals surface area contributed by atoms with Crippen molar-refractivity contribution in [3.63, 3.8) is 0 Å². The first-order chi connectivity index (χ1) is 10.1. The maximum Gasteiger partial charge on any atom is 0.230 e. The third kappa shape index (κ3) is 4.33. The number of hydrogen-bond acceptors (Lipinski definition) is 6. The van der Waals surface area contributed by atoms with E-state index in [2.05, 4.69) is 22.2 Å². The van der Waals surface area contributed by atoms with E-state index in [0.717, 1.165) is 6.42 Å². The number of nitrogens with two attached hydrogens (primary N) is 1. The van der Waals surface area contributed by atoms with Crippen molar-refractivity contribution >= 4 is 23.5 Å². The Morgan fingerprint density at radius 1 is 1.57 bits per heavy atom. The molecule has 2 rings (SSSR count). The Labute approximate surface area is 128 Å². The molecule has 1 amide bonds. The predicted molar refractivity (Wildman–Crippen MR) is 81.4 cm³/mol. The lowest BCUT2D eigenvalue weighted by molar-refractivity contribution is -0.119. The molecule has 0 aromatic carbocycles. The molecule has 2 unspecified atom stereocenters. The normalized spacial score (nSPS) is 21.5. The number of thioether (sulfide) groups is 1. The van der Waals surface area contributed by atoms with E-state index < -0.39 is 0 Å². The molecule has 1 aromatic heterocycles. The molecule has 0 radical (unpaired) electrons. The van der Waals surface area contributed by atoms with Crippen LogP contribution in [0.1, 0.15) is 38.2 Å². The molecule has 7 heteroatoms. The molecule has 0 saturated heterocycles. The van der Waals surface area contributed by atoms with Crippen LogP contribution in [-0.4, -0.2) is 27.7 Å². The highest BCUT2D eigenvalue weighted by Gasteiger charge is 2.22. The van der Waals surface area contributed by atoms with E-state index in [-0.39, 0.29) is 29.1 Å². The average molecular weight is 305 g/mol. The Bertz CT molecular complexity index is 557. The summed E-state index contributed by atoms with van der Waals surface area (Å²) in [6.45, 7) is 2.18. The molecule has 21 heavy (non-hydrogen) atoms. The number of anilines is 1. The first kappa shape index (κ1) is 15.6. The molecule has 2 atom stereocenters. The average Bonchev–Trinajstić information content (AvgIpc) is 2.48. The summed E-state index contributed by atoms with van der Waals surface area (Å²) in [5.41, 5.74) is 5.87. The van der Waals surface area contributed by atoms with Crippen LogP contribution < -0.4 is 11.1 Å². The fraction of sp³-hybridized carbons (Fsp3) is 0.571. The summed E-state index contributed by atoms with van der Waals surface area (Å²) in [4.78, 5) is 20.0. The van der Waals surface area contributed by atoms with Crippen LogP contribution in [0.2, 0.25) is 0 Å². The van der Waals surface area contributed by atoms with Crippen LogP contribution in [0.3, 0.4) is 0 Å². The van der Waals surface area contributed by atoms with Gasteiger partial charge in [0.1, 0.15) is 17.5 Å². The fourth-order valence-corrected chi connectivity index (χ4v) is 3.08. The second-order valence-corrected chi connectivity index (χ2v) is 6.23. The Hall–Kier alpha value is -1.81. The van der Waals surface area contributed by atoms with Crippen LogP contribution in [-0.2, 0) is 4.79 Å². The number of amides is 1. The van der Waals surface area contributed by atoms with Gasteiger partial charge in [-0.3, -0.25) is 4.79 Å². The van der Waals surface area contributed by atoms with Crippen LogP contribution in [0, 0.1) is 17.2 Å². The molecule has 1 aromatic rings. The van der Waals surface area contributed by atoms with E-state index in [9.17, 15) is 4.79 Å². The maximum atomic E-state index is 12.0. The Morgan fingerprint density at radius 2 is 2.33 bits per heavy atom. The van der Waals surface area contributed by atoms with Crippen molar-refractivity contribution in [1.29, 1.82) is 5.26 Å². The molecular weight excluding hydrogens is 286 g/mol. The highest BCUT2D eigenvalue weighted by molar-refractivity contribution is 7.99. The lowest BCUT2D eigenvalue weighted by Crippen LogP contribution is -2.41. The summed E-state index contributed by atoms with van der Waals surface area (Å²) >= 11 is 1.23. The number of nitriles is 1. The SMILES string of the molecule is CC1CCCCC1NC(=O)CSc1ncc(C#N)c(N)n1. The highest BCUT2D eigenvalue weighted by Crippen LogP contribution is 2.24. The zero-order valence-corrected chi connectivity index (χ0v) is 12.8. The number of carbonyl (C=O) groups excluding carboxylic acids is 1. The number of rotatable bonds is 4. The number of nitrogen functional groups attached to an aromatic ring is 1. The molecule has 6 nitrogen and oxygen atoms in total. The van der Waals surface area contributed by atoms with Gasteiger partial charge in [0, 0.05) is 6.04 Å². The van der Waals surface area contributed by atoms with Gasteiger partial charge in [-0.1, -0.05) is 31.5 Å². The topological polar surface area (TPSA) is 105 Å². The van der Waals surface area contributed by atoms with Gasteiger partial charge >= 0.3 is 0 Å². The molecule has 1 aliphatic carbocycles. The minimum absolute atomic E-state index is 0.00900. The van der Waals surface area contributed by atoms with Crippen molar-refractivity contribution < 1.29 is 4.79 Å². The minimum Gasteiger partial charge on any atom is -0.382 e. The zero-order valence-electron chi connectivity index (χ0n) is 12.0. The first-order valence-electron chi connectivity index (χ1n) is 7.05. The van der Waals surface area contributed by atoms with E-state index in [1.165, 1.54) is 37.2 Å². The molecule has 0 aliphatic heterocycles. The second-order valence-electron chi connectivity index (χ2n) is 5.29. The Kier molecular flexibility index (Phi) is 5.39. The van der Waals surface area contributed by atoms with E-state index in [0.29, 0.717) is 11.1 Å². The monoisotopic (exact) mass is 305 g/mol. The van der Waals surface area contributed by atoms with E-state index in [1.54, 1.807) is 0 Å². The maximum absolute atomic E-state index is 12.0. The van der Waals surface area contributed by atoms with Gasteiger partial charge in [0.15, 0.2) is 5.16 Å². The van der Waals surface area contributed by atoms with Gasteiger partial charge in [-0.25, -0.2) is 9.97 Å². The largest absolute Gasteiger partial charge is 0.382 e. The van der Waals surface area contributed by atoms with E-state index in [1.807, 2.05) is 6.07 Å². The van der Waals surface area contributed by atoms with E-state index >= 15 is 0 Å². The molecule has 1 saturated carbocycles. The van der Waals surface area contributed by atoms with Crippen molar-refractivity contribution in [3.05, 3.63) is 11.8 Å². The van der Waals surface area contributed by atoms with Crippen molar-refractivity contribution in [2.75, 3.05) is 11.5 Å². The van der Waals surface area contributed by atoms with Gasteiger partial charge in [0.25, 0.3) is 0 Å². The van der Waals surface area contributed by atoms with Crippen LogP contribution >= 0.6 is 11.8 Å². The number of nitrogens with zero attached hydrogens (tertiary/aromatic N) is 3. The summed E-state index contributed by atoms with van der Waals surface area (Å²) in [7, 11) is 0. The van der Waals surface area contributed by atoms with Crippen molar-refractivity contribution in [2.45, 2.75) is 43.8 Å². The molecular formula is C14H19N5OS. The molecule has 1 fully saturated rings. The molecule has 0 bridgehead atoms. The highest BCUT2D eigenvalue weighted by atomic mass is 32.2. The lowest BCUT2D eigenvalue weighted by Gasteiger charge is -2.29. The van der Waals surface area contributed by atoms with Crippen LogP contribution in [0.5, 0.6) is 0 Å². The third-order valence-corrected chi connectivity index (χ3v) is 4.57. The molecule has 112 valence electrons. The van der Waals surface area contributed by atoms with Crippen LogP contribution in [0.4, 0.5) is 5.82 Å². The van der Waals surface area contributed by atoms with Gasteiger partial charge in [-0.05, 0) is 18.8 Å². The summed E-state index contributed by atoms with van der Waals surface area (Å²) in [5, 5.41) is 12.2. The first-order valence-corrected chi connectivity index (χ1v) is 8.03.